The molecule has 0 saturated carbocycles. The molecular formula is C13H17NO5. The second kappa shape index (κ2) is 8.10. The predicted octanol–water partition coefficient (Wildman–Crippen LogP) is 1.10. The smallest absolute Gasteiger partial charge is 0.407 e. The van der Waals surface area contributed by atoms with Crippen LogP contribution in [0.25, 0.3) is 0 Å². The van der Waals surface area contributed by atoms with Gasteiger partial charge in [0, 0.05) is 7.11 Å². The van der Waals surface area contributed by atoms with Crippen molar-refractivity contribution in [2.75, 3.05) is 20.8 Å². The Morgan fingerprint density at radius 2 is 1.89 bits per heavy atom. The summed E-state index contributed by atoms with van der Waals surface area (Å²) in [5.41, 5.74) is 0.883. The molecule has 6 heteroatoms. The molecule has 0 aromatic heterocycles. The summed E-state index contributed by atoms with van der Waals surface area (Å²) >= 11 is 0. The molecule has 1 aromatic carbocycles. The minimum atomic E-state index is -0.839. The Hall–Kier alpha value is -2.08. The van der Waals surface area contributed by atoms with Crippen molar-refractivity contribution in [3.63, 3.8) is 0 Å². The third-order valence-corrected chi connectivity index (χ3v) is 2.39. The first-order valence-electron chi connectivity index (χ1n) is 5.72. The lowest BCUT2D eigenvalue weighted by atomic mass is 10.2. The van der Waals surface area contributed by atoms with Crippen LogP contribution < -0.4 is 5.32 Å². The van der Waals surface area contributed by atoms with E-state index in [9.17, 15) is 9.59 Å². The van der Waals surface area contributed by atoms with Crippen molar-refractivity contribution in [3.8, 4) is 0 Å². The van der Waals surface area contributed by atoms with Crippen molar-refractivity contribution >= 4 is 12.1 Å². The topological polar surface area (TPSA) is 73.9 Å². The van der Waals surface area contributed by atoms with Crippen molar-refractivity contribution in [1.29, 1.82) is 0 Å². The summed E-state index contributed by atoms with van der Waals surface area (Å²) in [7, 11) is 2.61. The molecule has 0 bridgehead atoms. The molecule has 0 aliphatic carbocycles. The van der Waals surface area contributed by atoms with E-state index in [0.717, 1.165) is 5.56 Å². The maximum atomic E-state index is 11.4. The van der Waals surface area contributed by atoms with Gasteiger partial charge in [-0.1, -0.05) is 30.3 Å². The summed E-state index contributed by atoms with van der Waals surface area (Å²) in [6.45, 7) is 0.166. The van der Waals surface area contributed by atoms with Crippen LogP contribution in [0, 0.1) is 0 Å². The van der Waals surface area contributed by atoms with E-state index in [1.807, 2.05) is 30.3 Å². The van der Waals surface area contributed by atoms with Crippen LogP contribution in [0.3, 0.4) is 0 Å². The van der Waals surface area contributed by atoms with Crippen LogP contribution in [0.1, 0.15) is 5.56 Å². The number of methoxy groups -OCH3 is 2. The standard InChI is InChI=1S/C13H17NO5/c1-17-11(12(15)18-2)8-14-13(16)19-9-10-6-4-3-5-7-10/h3-7,11H,8-9H2,1-2H3,(H,14,16). The first-order chi connectivity index (χ1) is 9.17. The summed E-state index contributed by atoms with van der Waals surface area (Å²) in [4.78, 5) is 22.6. The number of amides is 1. The third-order valence-electron chi connectivity index (χ3n) is 2.39. The lowest BCUT2D eigenvalue weighted by Gasteiger charge is -2.13. The Morgan fingerprint density at radius 1 is 1.21 bits per heavy atom. The normalized spacial score (nSPS) is 11.5. The molecule has 1 atom stereocenters. The number of alkyl carbamates (subject to hydrolysis) is 1. The van der Waals surface area contributed by atoms with E-state index < -0.39 is 18.2 Å². The third kappa shape index (κ3) is 5.39. The molecule has 1 unspecified atom stereocenters. The molecule has 104 valence electrons. The summed E-state index contributed by atoms with van der Waals surface area (Å²) in [6.07, 6.45) is -1.45. The number of hydrogen-bond acceptors (Lipinski definition) is 5. The Labute approximate surface area is 111 Å². The van der Waals surface area contributed by atoms with Gasteiger partial charge >= 0.3 is 12.1 Å². The van der Waals surface area contributed by atoms with Crippen LogP contribution in [0.5, 0.6) is 0 Å². The van der Waals surface area contributed by atoms with Crippen molar-refractivity contribution in [1.82, 2.24) is 5.32 Å². The van der Waals surface area contributed by atoms with Crippen LogP contribution in [-0.4, -0.2) is 38.9 Å². The Bertz CT molecular complexity index is 407. The second-order valence-corrected chi connectivity index (χ2v) is 3.69. The van der Waals surface area contributed by atoms with Crippen LogP contribution in [-0.2, 0) is 25.6 Å². The number of ether oxygens (including phenoxy) is 3. The highest BCUT2D eigenvalue weighted by Crippen LogP contribution is 2.00. The maximum Gasteiger partial charge on any atom is 0.407 e. The zero-order valence-corrected chi connectivity index (χ0v) is 10.9. The average Bonchev–Trinajstić information content (AvgIpc) is 2.46. The van der Waals surface area contributed by atoms with Gasteiger partial charge in [0.15, 0.2) is 6.10 Å². The second-order valence-electron chi connectivity index (χ2n) is 3.69. The number of benzene rings is 1. The van der Waals surface area contributed by atoms with Gasteiger partial charge in [-0.2, -0.15) is 0 Å². The fourth-order valence-corrected chi connectivity index (χ4v) is 1.34. The summed E-state index contributed by atoms with van der Waals surface area (Å²) in [5.74, 6) is -0.550. The maximum absolute atomic E-state index is 11.4. The van der Waals surface area contributed by atoms with Crippen molar-refractivity contribution in [3.05, 3.63) is 35.9 Å². The lowest BCUT2D eigenvalue weighted by molar-refractivity contribution is -0.151. The van der Waals surface area contributed by atoms with E-state index in [1.165, 1.54) is 14.2 Å². The van der Waals surface area contributed by atoms with Gasteiger partial charge in [0.05, 0.1) is 13.7 Å². The Balaban J connectivity index is 2.29. The first-order valence-corrected chi connectivity index (χ1v) is 5.72. The predicted molar refractivity (Wildman–Crippen MR) is 67.4 cm³/mol. The van der Waals surface area contributed by atoms with E-state index in [1.54, 1.807) is 0 Å². The minimum absolute atomic E-state index is 0.00318. The minimum Gasteiger partial charge on any atom is -0.467 e. The SMILES string of the molecule is COC(=O)C(CNC(=O)OCc1ccccc1)OC. The van der Waals surface area contributed by atoms with E-state index in [2.05, 4.69) is 10.1 Å². The summed E-state index contributed by atoms with van der Waals surface area (Å²) in [6, 6.07) is 9.28. The highest BCUT2D eigenvalue weighted by atomic mass is 16.6. The molecule has 0 heterocycles. The number of esters is 1. The molecule has 19 heavy (non-hydrogen) atoms. The molecule has 1 amide bonds. The largest absolute Gasteiger partial charge is 0.467 e. The zero-order chi connectivity index (χ0) is 14.1. The van der Waals surface area contributed by atoms with Crippen molar-refractivity contribution < 1.29 is 23.8 Å². The molecule has 1 N–H and O–H groups in total. The number of hydrogen-bond donors (Lipinski definition) is 1. The highest BCUT2D eigenvalue weighted by molar-refractivity contribution is 5.76. The van der Waals surface area contributed by atoms with Gasteiger partial charge in [-0.3, -0.25) is 0 Å². The van der Waals surface area contributed by atoms with Crippen LogP contribution in [0.4, 0.5) is 4.79 Å². The summed E-state index contributed by atoms with van der Waals surface area (Å²) < 4.78 is 14.4. The van der Waals surface area contributed by atoms with E-state index >= 15 is 0 Å². The van der Waals surface area contributed by atoms with Gasteiger partial charge in [-0.15, -0.1) is 0 Å². The number of nitrogens with one attached hydrogen (secondary N) is 1. The van der Waals surface area contributed by atoms with Gasteiger partial charge in [0.1, 0.15) is 6.61 Å². The first kappa shape index (κ1) is 15.0. The molecule has 0 radical (unpaired) electrons. The Morgan fingerprint density at radius 3 is 2.47 bits per heavy atom. The summed E-state index contributed by atoms with van der Waals surface area (Å²) in [5, 5.41) is 2.43. The van der Waals surface area contributed by atoms with E-state index in [4.69, 9.17) is 9.47 Å². The van der Waals surface area contributed by atoms with Crippen LogP contribution in [0.15, 0.2) is 30.3 Å². The van der Waals surface area contributed by atoms with Gasteiger partial charge in [-0.05, 0) is 5.56 Å². The molecule has 0 saturated heterocycles. The molecule has 0 aliphatic rings. The highest BCUT2D eigenvalue weighted by Gasteiger charge is 2.19. The lowest BCUT2D eigenvalue weighted by Crippen LogP contribution is -2.38. The fourth-order valence-electron chi connectivity index (χ4n) is 1.34. The number of rotatable bonds is 6. The molecular weight excluding hydrogens is 250 g/mol. The molecule has 1 rings (SSSR count). The van der Waals surface area contributed by atoms with Gasteiger partial charge in [0.2, 0.25) is 0 Å². The zero-order valence-electron chi connectivity index (χ0n) is 10.9. The molecule has 6 nitrogen and oxygen atoms in total. The van der Waals surface area contributed by atoms with E-state index in [-0.39, 0.29) is 13.2 Å². The molecule has 0 spiro atoms. The van der Waals surface area contributed by atoms with Crippen LogP contribution >= 0.6 is 0 Å². The monoisotopic (exact) mass is 267 g/mol. The number of carbonyl (C=O) groups is 2. The quantitative estimate of drug-likeness (QED) is 0.781. The van der Waals surface area contributed by atoms with Gasteiger partial charge in [-0.25, -0.2) is 9.59 Å². The van der Waals surface area contributed by atoms with Gasteiger partial charge in [0.25, 0.3) is 0 Å². The molecule has 0 aliphatic heterocycles. The van der Waals surface area contributed by atoms with E-state index in [0.29, 0.717) is 0 Å². The fraction of sp³-hybridized carbons (Fsp3) is 0.385. The van der Waals surface area contributed by atoms with Crippen LogP contribution in [0.2, 0.25) is 0 Å². The molecule has 0 fully saturated rings. The van der Waals surface area contributed by atoms with Crippen molar-refractivity contribution in [2.24, 2.45) is 0 Å². The molecule has 1 aromatic rings. The average molecular weight is 267 g/mol. The Kier molecular flexibility index (Phi) is 6.38. The van der Waals surface area contributed by atoms with Gasteiger partial charge < -0.3 is 19.5 Å². The number of carbonyl (C=O) groups excluding carboxylic acids is 2. The van der Waals surface area contributed by atoms with Crippen molar-refractivity contribution in [2.45, 2.75) is 12.7 Å².